The van der Waals surface area contributed by atoms with E-state index in [0.29, 0.717) is 71.8 Å². The van der Waals surface area contributed by atoms with Crippen LogP contribution in [0.25, 0.3) is 12.2 Å². The van der Waals surface area contributed by atoms with Crippen LogP contribution in [-0.2, 0) is 37.4 Å². The summed E-state index contributed by atoms with van der Waals surface area (Å²) in [5.41, 5.74) is -1.21. The van der Waals surface area contributed by atoms with Crippen LogP contribution >= 0.6 is 0 Å². The Labute approximate surface area is 458 Å². The average molecular weight is 1130 g/mol. The first-order valence-electron chi connectivity index (χ1n) is 27.4. The maximum atomic E-state index is 13.2. The van der Waals surface area contributed by atoms with Gasteiger partial charge in [-0.2, -0.15) is 21.6 Å². The van der Waals surface area contributed by atoms with Crippen molar-refractivity contribution in [2.24, 2.45) is 11.8 Å². The fourth-order valence-corrected chi connectivity index (χ4v) is 23.6. The molecule has 7 rings (SSSR count). The lowest BCUT2D eigenvalue weighted by Crippen LogP contribution is -2.68. The number of benzene rings is 2. The monoisotopic (exact) mass is 1120 g/mol. The number of nitrogens with zero attached hydrogens (tertiary/aromatic N) is 2. The molecule has 0 aliphatic carbocycles. The van der Waals surface area contributed by atoms with Crippen LogP contribution in [0.3, 0.4) is 0 Å². The summed E-state index contributed by atoms with van der Waals surface area (Å²) >= 11 is 0. The van der Waals surface area contributed by atoms with Gasteiger partial charge in [0.2, 0.25) is 14.2 Å². The van der Waals surface area contributed by atoms with E-state index >= 15 is 0 Å². The first kappa shape index (κ1) is 60.6. The Morgan fingerprint density at radius 3 is 1.97 bits per heavy atom. The standard InChI is InChI=1S/C59H83F3N2O10SSi2/c1-37(2)76(38(3)4,39(5)6)74-57-42(9)53(72-56(43(57)10)41(8)30-45-34-67-44(11)63-45)26-21-27-55-64-52(36-68-55)54-33-48(73-77(58(12,13)14,50-22-17-15-18-23-50)51-24-19-16-20-25-51)32-47(71-54)31-46-28-40(7)29-49(70-46)35-69-75(65,66)59(60,61)62/h15-25,27,30,34,36-39,42-43,46-49,53-54,56-57H,7,26,28-29,31-33,35H2,1-6,8-14H3/b27-21+,41-30+/t42-,43-,46+,47+,48+,49+,53+,54+,56-,57-/m0/s1. The number of hydrogen-bond acceptors (Lipinski definition) is 12. The molecule has 3 fully saturated rings. The maximum Gasteiger partial charge on any atom is 0.523 e. The lowest BCUT2D eigenvalue weighted by molar-refractivity contribution is -0.144. The molecule has 3 aliphatic rings. The molecule has 3 aliphatic heterocycles. The number of alkyl halides is 3. The van der Waals surface area contributed by atoms with Crippen molar-refractivity contribution < 1.29 is 57.7 Å². The second-order valence-electron chi connectivity index (χ2n) is 23.7. The van der Waals surface area contributed by atoms with Crippen molar-refractivity contribution in [3.05, 3.63) is 120 Å². The Morgan fingerprint density at radius 1 is 0.805 bits per heavy atom. The molecule has 2 aromatic carbocycles. The van der Waals surface area contributed by atoms with E-state index in [4.69, 9.17) is 36.9 Å². The molecule has 0 saturated carbocycles. The van der Waals surface area contributed by atoms with Crippen LogP contribution in [0.4, 0.5) is 13.2 Å². The number of hydrogen-bond donors (Lipinski definition) is 0. The molecule has 4 aromatic rings. The van der Waals surface area contributed by atoms with E-state index in [2.05, 4.69) is 129 Å². The first-order valence-corrected chi connectivity index (χ1v) is 32.9. The van der Waals surface area contributed by atoms with Gasteiger partial charge in [-0.1, -0.05) is 155 Å². The SMILES string of the molecule is C=C1C[C@H](C[C@@H]2C[C@@H](O[Si](c3ccccc3)(c3ccccc3)C(C)(C)C)C[C@H](c3coc(/C=C/C[C@H]4O[C@@H](/C(C)=C/c5coc(C)n5)[C@H](C)[C@@H](O[Si](C(C)C)(C(C)C)C(C)C)[C@H]4C)n3)O2)O[C@@H](COS(=O)(=O)C(F)(F)F)C1. The summed E-state index contributed by atoms with van der Waals surface area (Å²) in [6.45, 7) is 32.4. The highest BCUT2D eigenvalue weighted by Crippen LogP contribution is 2.48. The van der Waals surface area contributed by atoms with Crippen molar-refractivity contribution >= 4 is 49.3 Å². The number of rotatable bonds is 20. The van der Waals surface area contributed by atoms with Crippen LogP contribution in [-0.4, -0.2) is 89.9 Å². The van der Waals surface area contributed by atoms with E-state index in [1.165, 1.54) is 0 Å². The molecule has 12 nitrogen and oxygen atoms in total. The molecule has 0 spiro atoms. The smallest absolute Gasteiger partial charge is 0.449 e. The quantitative estimate of drug-likeness (QED) is 0.0360. The Morgan fingerprint density at radius 2 is 1.42 bits per heavy atom. The molecule has 3 saturated heterocycles. The summed E-state index contributed by atoms with van der Waals surface area (Å²) in [6.07, 6.45) is 8.38. The summed E-state index contributed by atoms with van der Waals surface area (Å²) in [6, 6.07) is 20.8. The predicted octanol–water partition coefficient (Wildman–Crippen LogP) is 13.6. The third kappa shape index (κ3) is 13.8. The second-order valence-corrected chi connectivity index (χ2v) is 35.0. The Bertz CT molecular complexity index is 2680. The van der Waals surface area contributed by atoms with E-state index in [0.717, 1.165) is 21.6 Å². The summed E-state index contributed by atoms with van der Waals surface area (Å²) in [4.78, 5) is 9.57. The van der Waals surface area contributed by atoms with Crippen molar-refractivity contribution in [2.45, 2.75) is 205 Å². The zero-order valence-corrected chi connectivity index (χ0v) is 50.2. The topological polar surface area (TPSA) is 142 Å². The lowest BCUT2D eigenvalue weighted by Gasteiger charge is -2.52. The summed E-state index contributed by atoms with van der Waals surface area (Å²) in [5.74, 6) is 1.14. The minimum absolute atomic E-state index is 0.0565. The molecule has 2 aromatic heterocycles. The van der Waals surface area contributed by atoms with E-state index in [9.17, 15) is 21.6 Å². The normalized spacial score (nSPS) is 26.6. The molecule has 5 heterocycles. The van der Waals surface area contributed by atoms with E-state index in [1.54, 1.807) is 12.5 Å². The molecular weight excluding hydrogens is 1040 g/mol. The van der Waals surface area contributed by atoms with Gasteiger partial charge in [-0.05, 0) is 82.4 Å². The van der Waals surface area contributed by atoms with E-state index in [1.807, 2.05) is 55.5 Å². The third-order valence-electron chi connectivity index (χ3n) is 16.2. The van der Waals surface area contributed by atoms with Gasteiger partial charge < -0.3 is 31.9 Å². The average Bonchev–Trinajstić information content (AvgIpc) is 4.04. The van der Waals surface area contributed by atoms with Gasteiger partial charge in [-0.3, -0.25) is 4.18 Å². The molecule has 77 heavy (non-hydrogen) atoms. The van der Waals surface area contributed by atoms with Gasteiger partial charge in [-0.15, -0.1) is 0 Å². The lowest BCUT2D eigenvalue weighted by atomic mass is 9.79. The fourth-order valence-electron chi connectivity index (χ4n) is 12.7. The molecule has 18 heteroatoms. The zero-order valence-electron chi connectivity index (χ0n) is 47.3. The Kier molecular flexibility index (Phi) is 19.5. The molecule has 0 amide bonds. The highest BCUT2D eigenvalue weighted by atomic mass is 32.2. The van der Waals surface area contributed by atoms with Gasteiger partial charge in [0.25, 0.3) is 8.32 Å². The maximum absolute atomic E-state index is 13.2. The Balaban J connectivity index is 1.16. The molecule has 0 N–H and O–H groups in total. The van der Waals surface area contributed by atoms with Crippen molar-refractivity contribution in [3.63, 3.8) is 0 Å². The van der Waals surface area contributed by atoms with Crippen LogP contribution in [0.5, 0.6) is 0 Å². The van der Waals surface area contributed by atoms with Gasteiger partial charge in [0.1, 0.15) is 30.0 Å². The predicted molar refractivity (Wildman–Crippen MR) is 300 cm³/mol. The number of ether oxygens (including phenoxy) is 3. The molecule has 10 atom stereocenters. The summed E-state index contributed by atoms with van der Waals surface area (Å²) in [7, 11) is -11.2. The highest BCUT2D eigenvalue weighted by Gasteiger charge is 2.54. The van der Waals surface area contributed by atoms with Gasteiger partial charge >= 0.3 is 15.6 Å². The van der Waals surface area contributed by atoms with Gasteiger partial charge in [0.05, 0.1) is 49.3 Å². The molecule has 424 valence electrons. The zero-order chi connectivity index (χ0) is 56.3. The Hall–Kier alpha value is -3.99. The minimum Gasteiger partial charge on any atom is -0.449 e. The van der Waals surface area contributed by atoms with Gasteiger partial charge in [0, 0.05) is 31.6 Å². The van der Waals surface area contributed by atoms with Gasteiger partial charge in [0.15, 0.2) is 5.89 Å². The fraction of sp³-hybridized carbons (Fsp3) is 0.593. The number of oxazole rings is 2. The van der Waals surface area contributed by atoms with Crippen LogP contribution in [0, 0.1) is 18.8 Å². The highest BCUT2D eigenvalue weighted by molar-refractivity contribution is 7.87. The number of halogens is 3. The molecular formula is C59H83F3N2O10SSi2. The van der Waals surface area contributed by atoms with E-state index < -0.39 is 63.3 Å². The number of aromatic nitrogens is 2. The van der Waals surface area contributed by atoms with Gasteiger partial charge in [-0.25, -0.2) is 9.97 Å². The van der Waals surface area contributed by atoms with Crippen molar-refractivity contribution in [2.75, 3.05) is 6.61 Å². The van der Waals surface area contributed by atoms with Crippen molar-refractivity contribution in [1.29, 1.82) is 0 Å². The molecule has 0 radical (unpaired) electrons. The summed E-state index contributed by atoms with van der Waals surface area (Å²) in [5, 5.41) is 1.93. The number of aryl methyl sites for hydroxylation is 1. The molecule has 0 unspecified atom stereocenters. The summed E-state index contributed by atoms with van der Waals surface area (Å²) < 4.78 is 115. The molecule has 0 bridgehead atoms. The van der Waals surface area contributed by atoms with E-state index in [-0.39, 0.29) is 47.7 Å². The first-order chi connectivity index (χ1) is 36.1. The van der Waals surface area contributed by atoms with Crippen molar-refractivity contribution in [1.82, 2.24) is 9.97 Å². The van der Waals surface area contributed by atoms with Crippen LogP contribution < -0.4 is 10.4 Å². The minimum atomic E-state index is -5.81. The van der Waals surface area contributed by atoms with Crippen molar-refractivity contribution in [3.8, 4) is 0 Å². The second kappa shape index (κ2) is 24.8. The third-order valence-corrected chi connectivity index (χ3v) is 28.4. The van der Waals surface area contributed by atoms with Crippen LogP contribution in [0.1, 0.15) is 151 Å². The largest absolute Gasteiger partial charge is 0.523 e. The van der Waals surface area contributed by atoms with Crippen LogP contribution in [0.15, 0.2) is 106 Å². The van der Waals surface area contributed by atoms with Crippen LogP contribution in [0.2, 0.25) is 21.7 Å².